The van der Waals surface area contributed by atoms with Gasteiger partial charge in [-0.25, -0.2) is 14.6 Å². The van der Waals surface area contributed by atoms with Crippen LogP contribution in [0.4, 0.5) is 0 Å². The van der Waals surface area contributed by atoms with Gasteiger partial charge in [0.25, 0.3) is 0 Å². The number of benzene rings is 2. The Hall–Kier alpha value is -3.91. The molecule has 5 heteroatoms. The van der Waals surface area contributed by atoms with Crippen molar-refractivity contribution in [2.24, 2.45) is 5.92 Å². The Balaban J connectivity index is 1.24. The lowest BCUT2D eigenvalue weighted by atomic mass is 9.77. The van der Waals surface area contributed by atoms with E-state index in [4.69, 9.17) is 9.47 Å². The second kappa shape index (κ2) is 16.7. The summed E-state index contributed by atoms with van der Waals surface area (Å²) in [7, 11) is 0. The molecular formula is C38H45NO4. The predicted octanol–water partition coefficient (Wildman–Crippen LogP) is 9.29. The molecule has 0 spiro atoms. The number of hydrogen-bond donors (Lipinski definition) is 0. The first-order chi connectivity index (χ1) is 20.9. The maximum atomic E-state index is 12.7. The first-order valence-corrected chi connectivity index (χ1v) is 16.1. The van der Waals surface area contributed by atoms with Crippen LogP contribution in [0.3, 0.4) is 0 Å². The van der Waals surface area contributed by atoms with Crippen LogP contribution in [0, 0.1) is 17.8 Å². The molecule has 1 aromatic heterocycles. The molecule has 226 valence electrons. The van der Waals surface area contributed by atoms with Gasteiger partial charge in [-0.15, -0.1) is 0 Å². The van der Waals surface area contributed by atoms with Gasteiger partial charge in [-0.1, -0.05) is 64.0 Å². The molecule has 5 nitrogen and oxygen atoms in total. The van der Waals surface area contributed by atoms with Gasteiger partial charge < -0.3 is 9.47 Å². The quantitative estimate of drug-likeness (QED) is 0.0926. The lowest BCUT2D eigenvalue weighted by molar-refractivity contribution is 0.0318. The summed E-state index contributed by atoms with van der Waals surface area (Å²) in [5.74, 6) is 7.29. The largest absolute Gasteiger partial charge is 0.459 e. The van der Waals surface area contributed by atoms with E-state index >= 15 is 0 Å². The summed E-state index contributed by atoms with van der Waals surface area (Å²) in [6.45, 7) is 6.38. The maximum absolute atomic E-state index is 12.7. The van der Waals surface area contributed by atoms with E-state index in [1.807, 2.05) is 19.1 Å². The van der Waals surface area contributed by atoms with Gasteiger partial charge in [-0.2, -0.15) is 0 Å². The van der Waals surface area contributed by atoms with Gasteiger partial charge in [-0.3, -0.25) is 0 Å². The van der Waals surface area contributed by atoms with Crippen molar-refractivity contribution in [2.75, 3.05) is 0 Å². The SMILES string of the molecule is CCCCCC[C@@H](C)OC(=O)c1ccc(C#Cc2ccc(OC(=O)c3ccc(C4CCC(CCC)CC4)cc3)cc2)nc1. The van der Waals surface area contributed by atoms with E-state index in [1.54, 1.807) is 36.4 Å². The summed E-state index contributed by atoms with van der Waals surface area (Å²) >= 11 is 0. The molecular weight excluding hydrogens is 534 g/mol. The Bertz CT molecular complexity index is 1360. The number of aromatic nitrogens is 1. The molecule has 0 bridgehead atoms. The summed E-state index contributed by atoms with van der Waals surface area (Å²) in [6.07, 6.45) is 14.6. The molecule has 0 aliphatic heterocycles. The Morgan fingerprint density at radius 3 is 2.19 bits per heavy atom. The topological polar surface area (TPSA) is 65.5 Å². The van der Waals surface area contributed by atoms with Gasteiger partial charge in [0.05, 0.1) is 17.2 Å². The number of nitrogens with zero attached hydrogens (tertiary/aromatic N) is 1. The van der Waals surface area contributed by atoms with Crippen LogP contribution in [0.25, 0.3) is 0 Å². The van der Waals surface area contributed by atoms with Gasteiger partial charge in [0.2, 0.25) is 0 Å². The molecule has 1 aliphatic carbocycles. The zero-order valence-electron chi connectivity index (χ0n) is 25.9. The zero-order valence-corrected chi connectivity index (χ0v) is 25.9. The van der Waals surface area contributed by atoms with E-state index in [0.29, 0.717) is 28.5 Å². The number of pyridine rings is 1. The molecule has 1 heterocycles. The number of unbranched alkanes of at least 4 members (excludes halogenated alkanes) is 3. The van der Waals surface area contributed by atoms with Crippen LogP contribution in [-0.4, -0.2) is 23.0 Å². The van der Waals surface area contributed by atoms with Crippen LogP contribution in [0.2, 0.25) is 0 Å². The monoisotopic (exact) mass is 579 g/mol. The molecule has 43 heavy (non-hydrogen) atoms. The molecule has 0 unspecified atom stereocenters. The van der Waals surface area contributed by atoms with E-state index in [9.17, 15) is 9.59 Å². The third-order valence-corrected chi connectivity index (χ3v) is 8.33. The van der Waals surface area contributed by atoms with Crippen molar-refractivity contribution in [3.05, 3.63) is 94.8 Å². The molecule has 0 radical (unpaired) electrons. The number of carbonyl (C=O) groups is 2. The number of carbonyl (C=O) groups excluding carboxylic acids is 2. The van der Waals surface area contributed by atoms with Crippen molar-refractivity contribution in [1.29, 1.82) is 0 Å². The van der Waals surface area contributed by atoms with Gasteiger partial charge in [0.15, 0.2) is 0 Å². The highest BCUT2D eigenvalue weighted by Crippen LogP contribution is 2.37. The Morgan fingerprint density at radius 1 is 0.814 bits per heavy atom. The van der Waals surface area contributed by atoms with Gasteiger partial charge in [-0.05, 0) is 117 Å². The molecule has 1 saturated carbocycles. The fraction of sp³-hybridized carbons (Fsp3) is 0.447. The van der Waals surface area contributed by atoms with Crippen molar-refractivity contribution in [1.82, 2.24) is 4.98 Å². The summed E-state index contributed by atoms with van der Waals surface area (Å²) in [5.41, 5.74) is 3.60. The van der Waals surface area contributed by atoms with Crippen molar-refractivity contribution < 1.29 is 19.1 Å². The molecule has 0 N–H and O–H groups in total. The number of esters is 2. The fourth-order valence-electron chi connectivity index (χ4n) is 5.75. The Kier molecular flexibility index (Phi) is 12.4. The van der Waals surface area contributed by atoms with Crippen LogP contribution in [-0.2, 0) is 4.74 Å². The number of ether oxygens (including phenoxy) is 2. The van der Waals surface area contributed by atoms with E-state index in [-0.39, 0.29) is 18.0 Å². The van der Waals surface area contributed by atoms with E-state index in [0.717, 1.165) is 30.7 Å². The maximum Gasteiger partial charge on any atom is 0.343 e. The summed E-state index contributed by atoms with van der Waals surface area (Å²) in [6, 6.07) is 18.4. The first kappa shape index (κ1) is 32.0. The van der Waals surface area contributed by atoms with Crippen molar-refractivity contribution in [2.45, 2.75) is 103 Å². The minimum absolute atomic E-state index is 0.114. The smallest absolute Gasteiger partial charge is 0.343 e. The molecule has 1 fully saturated rings. The second-order valence-electron chi connectivity index (χ2n) is 11.8. The van der Waals surface area contributed by atoms with E-state index in [1.165, 1.54) is 63.1 Å². The number of hydrogen-bond acceptors (Lipinski definition) is 5. The third kappa shape index (κ3) is 10.1. The van der Waals surface area contributed by atoms with Crippen LogP contribution >= 0.6 is 0 Å². The summed E-state index contributed by atoms with van der Waals surface area (Å²) in [5, 5.41) is 0. The van der Waals surface area contributed by atoms with E-state index in [2.05, 4.69) is 42.8 Å². The second-order valence-corrected chi connectivity index (χ2v) is 11.8. The Labute approximate surface area is 257 Å². The minimum Gasteiger partial charge on any atom is -0.459 e. The van der Waals surface area contributed by atoms with Crippen LogP contribution in [0.15, 0.2) is 66.9 Å². The lowest BCUT2D eigenvalue weighted by Crippen LogP contribution is -2.15. The summed E-state index contributed by atoms with van der Waals surface area (Å²) in [4.78, 5) is 29.4. The van der Waals surface area contributed by atoms with E-state index < -0.39 is 0 Å². The molecule has 0 amide bonds. The normalized spacial score (nSPS) is 16.9. The average molecular weight is 580 g/mol. The summed E-state index contributed by atoms with van der Waals surface area (Å²) < 4.78 is 11.1. The highest BCUT2D eigenvalue weighted by molar-refractivity contribution is 5.91. The minimum atomic E-state index is -0.370. The molecule has 0 saturated heterocycles. The molecule has 1 aliphatic rings. The lowest BCUT2D eigenvalue weighted by Gasteiger charge is -2.28. The van der Waals surface area contributed by atoms with Gasteiger partial charge >= 0.3 is 11.9 Å². The zero-order chi connectivity index (χ0) is 30.4. The fourth-order valence-corrected chi connectivity index (χ4v) is 5.75. The highest BCUT2D eigenvalue weighted by atomic mass is 16.5. The van der Waals surface area contributed by atoms with Gasteiger partial charge in [0.1, 0.15) is 11.4 Å². The predicted molar refractivity (Wildman–Crippen MR) is 171 cm³/mol. The average Bonchev–Trinajstić information content (AvgIpc) is 3.03. The van der Waals surface area contributed by atoms with Crippen LogP contribution in [0.5, 0.6) is 5.75 Å². The highest BCUT2D eigenvalue weighted by Gasteiger charge is 2.22. The van der Waals surface area contributed by atoms with Crippen LogP contribution < -0.4 is 4.74 Å². The molecule has 1 atom stereocenters. The van der Waals surface area contributed by atoms with Crippen molar-refractivity contribution >= 4 is 11.9 Å². The molecule has 4 rings (SSSR count). The van der Waals surface area contributed by atoms with Crippen molar-refractivity contribution in [3.63, 3.8) is 0 Å². The third-order valence-electron chi connectivity index (χ3n) is 8.33. The van der Waals surface area contributed by atoms with Gasteiger partial charge in [0, 0.05) is 11.8 Å². The molecule has 2 aromatic carbocycles. The first-order valence-electron chi connectivity index (χ1n) is 16.1. The standard InChI is InChI=1S/C38H45NO4/c1-4-6-7-8-10-28(3)42-38(41)34-22-24-35(39-27-34)23-13-30-14-25-36(26-15-30)43-37(40)33-20-18-32(19-21-33)31-16-11-29(9-5-2)12-17-31/h14-15,18-22,24-29,31H,4-12,16-17H2,1-3H3/t28-,29?,31?/m1/s1. The number of rotatable bonds is 12. The van der Waals surface area contributed by atoms with Crippen molar-refractivity contribution in [3.8, 4) is 17.6 Å². The van der Waals surface area contributed by atoms with Crippen LogP contribution in [0.1, 0.15) is 135 Å². The molecule has 3 aromatic rings. The Morgan fingerprint density at radius 2 is 1.53 bits per heavy atom.